The summed E-state index contributed by atoms with van der Waals surface area (Å²) in [6, 6.07) is 8.14. The van der Waals surface area contributed by atoms with Crippen molar-refractivity contribution in [1.29, 1.82) is 0 Å². The van der Waals surface area contributed by atoms with Crippen LogP contribution in [0.15, 0.2) is 24.3 Å². The highest BCUT2D eigenvalue weighted by molar-refractivity contribution is 7.22. The van der Waals surface area contributed by atoms with Crippen LogP contribution in [0.5, 0.6) is 0 Å². The summed E-state index contributed by atoms with van der Waals surface area (Å²) in [6.07, 6.45) is 0.517. The molecule has 2 aromatic rings. The summed E-state index contributed by atoms with van der Waals surface area (Å²) >= 11 is 1.69. The van der Waals surface area contributed by atoms with Gasteiger partial charge in [0.1, 0.15) is 0 Å². The molecular weight excluding hydrogens is 220 g/mol. The molecule has 0 aliphatic rings. The number of hydrogen-bond donors (Lipinski definition) is 1. The van der Waals surface area contributed by atoms with Gasteiger partial charge in [-0.15, -0.1) is 0 Å². The van der Waals surface area contributed by atoms with E-state index in [-0.39, 0.29) is 6.10 Å². The molecule has 1 atom stereocenters. The first-order chi connectivity index (χ1) is 7.66. The summed E-state index contributed by atoms with van der Waals surface area (Å²) in [5.41, 5.74) is 1.05. The van der Waals surface area contributed by atoms with Gasteiger partial charge in [-0.05, 0) is 25.5 Å². The minimum Gasteiger partial charge on any atom is -0.393 e. The molecule has 0 amide bonds. The number of anilines is 1. The molecule has 1 aromatic heterocycles. The van der Waals surface area contributed by atoms with E-state index in [0.717, 1.165) is 23.6 Å². The first-order valence-electron chi connectivity index (χ1n) is 5.41. The number of aromatic nitrogens is 1. The van der Waals surface area contributed by atoms with Crippen LogP contribution in [0.3, 0.4) is 0 Å². The lowest BCUT2D eigenvalue weighted by Crippen LogP contribution is -2.21. The van der Waals surface area contributed by atoms with Crippen molar-refractivity contribution >= 4 is 26.7 Å². The van der Waals surface area contributed by atoms with Crippen molar-refractivity contribution in [3.05, 3.63) is 24.3 Å². The summed E-state index contributed by atoms with van der Waals surface area (Å²) in [6.45, 7) is 2.64. The zero-order valence-corrected chi connectivity index (χ0v) is 10.4. The predicted octanol–water partition coefficient (Wildman–Crippen LogP) is 2.50. The van der Waals surface area contributed by atoms with E-state index >= 15 is 0 Å². The second kappa shape index (κ2) is 4.80. The number of fused-ring (bicyclic) bond motifs is 1. The normalized spacial score (nSPS) is 12.9. The molecule has 2 rings (SSSR count). The fourth-order valence-corrected chi connectivity index (χ4v) is 2.45. The Balaban J connectivity index is 2.13. The molecule has 1 aromatic carbocycles. The molecule has 16 heavy (non-hydrogen) atoms. The Morgan fingerprint density at radius 2 is 2.19 bits per heavy atom. The van der Waals surface area contributed by atoms with Gasteiger partial charge in [0.2, 0.25) is 0 Å². The molecule has 0 aliphatic carbocycles. The van der Waals surface area contributed by atoms with Crippen LogP contribution in [0, 0.1) is 0 Å². The minimum absolute atomic E-state index is 0.253. The molecule has 1 unspecified atom stereocenters. The molecule has 1 heterocycles. The molecule has 4 heteroatoms. The van der Waals surface area contributed by atoms with E-state index in [1.807, 2.05) is 32.2 Å². The molecule has 1 N–H and O–H groups in total. The van der Waals surface area contributed by atoms with Crippen LogP contribution < -0.4 is 4.90 Å². The Bertz CT molecular complexity index is 434. The second-order valence-electron chi connectivity index (χ2n) is 4.02. The quantitative estimate of drug-likeness (QED) is 0.886. The van der Waals surface area contributed by atoms with Gasteiger partial charge in [-0.1, -0.05) is 23.5 Å². The zero-order chi connectivity index (χ0) is 11.5. The molecule has 3 nitrogen and oxygen atoms in total. The Hall–Kier alpha value is -1.13. The first kappa shape index (κ1) is 11.4. The molecule has 0 saturated carbocycles. The third-order valence-electron chi connectivity index (χ3n) is 2.49. The molecule has 0 spiro atoms. The summed E-state index contributed by atoms with van der Waals surface area (Å²) in [7, 11) is 2.01. The number of benzene rings is 1. The van der Waals surface area contributed by atoms with Crippen molar-refractivity contribution in [3.63, 3.8) is 0 Å². The Kier molecular flexibility index (Phi) is 3.41. The van der Waals surface area contributed by atoms with E-state index in [1.54, 1.807) is 11.3 Å². The largest absolute Gasteiger partial charge is 0.393 e. The van der Waals surface area contributed by atoms with Crippen LogP contribution in [0.1, 0.15) is 13.3 Å². The van der Waals surface area contributed by atoms with Crippen LogP contribution in [0.2, 0.25) is 0 Å². The lowest BCUT2D eigenvalue weighted by atomic mass is 10.3. The average molecular weight is 236 g/mol. The maximum Gasteiger partial charge on any atom is 0.186 e. The molecule has 0 bridgehead atoms. The number of nitrogens with zero attached hydrogens (tertiary/aromatic N) is 2. The van der Waals surface area contributed by atoms with Crippen molar-refractivity contribution in [2.45, 2.75) is 19.4 Å². The van der Waals surface area contributed by atoms with Crippen LogP contribution in [0.25, 0.3) is 10.2 Å². The van der Waals surface area contributed by atoms with Crippen molar-refractivity contribution in [2.75, 3.05) is 18.5 Å². The standard InChI is InChI=1S/C12H16N2OS/c1-9(15)7-8-14(2)12-13-10-5-3-4-6-11(10)16-12/h3-6,9,15H,7-8H2,1-2H3. The lowest BCUT2D eigenvalue weighted by Gasteiger charge is -2.16. The SMILES string of the molecule is CC(O)CCN(C)c1nc2ccccc2s1. The number of thiazole rings is 1. The Morgan fingerprint density at radius 3 is 2.88 bits per heavy atom. The van der Waals surface area contributed by atoms with Crippen molar-refractivity contribution in [3.8, 4) is 0 Å². The van der Waals surface area contributed by atoms with Crippen LogP contribution in [-0.4, -0.2) is 29.8 Å². The molecule has 86 valence electrons. The van der Waals surface area contributed by atoms with Crippen LogP contribution in [0.4, 0.5) is 5.13 Å². The van der Waals surface area contributed by atoms with Gasteiger partial charge in [0.15, 0.2) is 5.13 Å². The highest BCUT2D eigenvalue weighted by atomic mass is 32.1. The molecule has 0 radical (unpaired) electrons. The first-order valence-corrected chi connectivity index (χ1v) is 6.23. The number of para-hydroxylation sites is 1. The van der Waals surface area contributed by atoms with Crippen molar-refractivity contribution in [1.82, 2.24) is 4.98 Å². The monoisotopic (exact) mass is 236 g/mol. The second-order valence-corrected chi connectivity index (χ2v) is 5.03. The van der Waals surface area contributed by atoms with Gasteiger partial charge in [0, 0.05) is 13.6 Å². The third-order valence-corrected chi connectivity index (χ3v) is 3.64. The van der Waals surface area contributed by atoms with Gasteiger partial charge in [0.05, 0.1) is 16.3 Å². The van der Waals surface area contributed by atoms with E-state index in [2.05, 4.69) is 16.0 Å². The number of aliphatic hydroxyl groups is 1. The number of rotatable bonds is 4. The summed E-state index contributed by atoms with van der Waals surface area (Å²) in [5.74, 6) is 0. The molecular formula is C12H16N2OS. The van der Waals surface area contributed by atoms with Gasteiger partial charge in [0.25, 0.3) is 0 Å². The average Bonchev–Trinajstić information content (AvgIpc) is 2.69. The Labute approximate surface area is 99.4 Å². The number of aliphatic hydroxyl groups excluding tert-OH is 1. The molecule has 0 fully saturated rings. The predicted molar refractivity (Wildman–Crippen MR) is 69.2 cm³/mol. The van der Waals surface area contributed by atoms with Gasteiger partial charge >= 0.3 is 0 Å². The smallest absolute Gasteiger partial charge is 0.186 e. The van der Waals surface area contributed by atoms with E-state index in [0.29, 0.717) is 0 Å². The van der Waals surface area contributed by atoms with E-state index < -0.39 is 0 Å². The molecule has 0 saturated heterocycles. The zero-order valence-electron chi connectivity index (χ0n) is 9.55. The summed E-state index contributed by atoms with van der Waals surface area (Å²) < 4.78 is 1.21. The summed E-state index contributed by atoms with van der Waals surface area (Å²) in [5, 5.41) is 10.3. The van der Waals surface area contributed by atoms with Gasteiger partial charge in [-0.3, -0.25) is 0 Å². The highest BCUT2D eigenvalue weighted by Crippen LogP contribution is 2.27. The number of hydrogen-bond acceptors (Lipinski definition) is 4. The fraction of sp³-hybridized carbons (Fsp3) is 0.417. The van der Waals surface area contributed by atoms with E-state index in [4.69, 9.17) is 0 Å². The molecule has 0 aliphatic heterocycles. The lowest BCUT2D eigenvalue weighted by molar-refractivity contribution is 0.187. The van der Waals surface area contributed by atoms with Gasteiger partial charge in [-0.25, -0.2) is 4.98 Å². The summed E-state index contributed by atoms with van der Waals surface area (Å²) in [4.78, 5) is 6.65. The fourth-order valence-electron chi connectivity index (χ4n) is 1.50. The maximum atomic E-state index is 9.24. The van der Waals surface area contributed by atoms with Crippen molar-refractivity contribution in [2.24, 2.45) is 0 Å². The van der Waals surface area contributed by atoms with Gasteiger partial charge < -0.3 is 10.0 Å². The third kappa shape index (κ3) is 2.51. The highest BCUT2D eigenvalue weighted by Gasteiger charge is 2.08. The maximum absolute atomic E-state index is 9.24. The minimum atomic E-state index is -0.253. The van der Waals surface area contributed by atoms with Crippen LogP contribution >= 0.6 is 11.3 Å². The topological polar surface area (TPSA) is 36.4 Å². The van der Waals surface area contributed by atoms with Gasteiger partial charge in [-0.2, -0.15) is 0 Å². The Morgan fingerprint density at radius 1 is 1.44 bits per heavy atom. The van der Waals surface area contributed by atoms with Crippen molar-refractivity contribution < 1.29 is 5.11 Å². The van der Waals surface area contributed by atoms with E-state index in [1.165, 1.54) is 4.70 Å². The van der Waals surface area contributed by atoms with E-state index in [9.17, 15) is 5.11 Å². The van der Waals surface area contributed by atoms with Crippen LogP contribution in [-0.2, 0) is 0 Å².